The minimum atomic E-state index is -0.498. The predicted molar refractivity (Wildman–Crippen MR) is 101 cm³/mol. The summed E-state index contributed by atoms with van der Waals surface area (Å²) in [7, 11) is 0. The third-order valence-corrected chi connectivity index (χ3v) is 3.67. The highest BCUT2D eigenvalue weighted by atomic mass is 35.5. The molecule has 0 spiro atoms. The molecule has 0 amide bonds. The van der Waals surface area contributed by atoms with E-state index in [4.69, 9.17) is 16.3 Å². The van der Waals surface area contributed by atoms with Gasteiger partial charge in [0.25, 0.3) is 0 Å². The topological polar surface area (TPSA) is 50.7 Å². The minimum Gasteiger partial charge on any atom is -0.423 e. The molecule has 0 aliphatic heterocycles. The molecule has 0 aromatic heterocycles. The highest BCUT2D eigenvalue weighted by molar-refractivity contribution is 6.33. The number of esters is 1. The number of nitrogens with one attached hydrogen (secondary N) is 1. The molecule has 0 unspecified atom stereocenters. The largest absolute Gasteiger partial charge is 0.423 e. The van der Waals surface area contributed by atoms with Gasteiger partial charge >= 0.3 is 5.97 Å². The van der Waals surface area contributed by atoms with Crippen LogP contribution in [0.3, 0.4) is 0 Å². The van der Waals surface area contributed by atoms with Crippen molar-refractivity contribution < 1.29 is 9.53 Å². The molecule has 0 aliphatic rings. The molecule has 3 aromatic carbocycles. The number of nitrogens with zero attached hydrogens (tertiary/aromatic N) is 1. The number of ether oxygens (including phenoxy) is 1. The van der Waals surface area contributed by atoms with Crippen molar-refractivity contribution in [1.82, 2.24) is 0 Å². The van der Waals surface area contributed by atoms with Crippen molar-refractivity contribution in [3.8, 4) is 5.75 Å². The molecule has 4 nitrogen and oxygen atoms in total. The Kier molecular flexibility index (Phi) is 5.44. The lowest BCUT2D eigenvalue weighted by Gasteiger charge is -2.06. The summed E-state index contributed by atoms with van der Waals surface area (Å²) in [6.45, 7) is 0. The van der Waals surface area contributed by atoms with Crippen LogP contribution >= 0.6 is 11.6 Å². The maximum absolute atomic E-state index is 12.2. The quantitative estimate of drug-likeness (QED) is 0.305. The summed E-state index contributed by atoms with van der Waals surface area (Å²) in [5, 5.41) is 4.53. The zero-order chi connectivity index (χ0) is 17.5. The SMILES string of the molecule is O=C(Oc1cccc(C=NNc2ccccc2)c1)c1ccccc1Cl. The van der Waals surface area contributed by atoms with Gasteiger partial charge in [-0.3, -0.25) is 5.43 Å². The predicted octanol–water partition coefficient (Wildman–Crippen LogP) is 5.01. The van der Waals surface area contributed by atoms with Gasteiger partial charge in [-0.15, -0.1) is 0 Å². The first-order valence-corrected chi connectivity index (χ1v) is 8.01. The first kappa shape index (κ1) is 16.7. The first-order valence-electron chi connectivity index (χ1n) is 7.63. The van der Waals surface area contributed by atoms with Crippen LogP contribution < -0.4 is 10.2 Å². The molecule has 0 radical (unpaired) electrons. The van der Waals surface area contributed by atoms with E-state index in [1.54, 1.807) is 48.7 Å². The molecule has 0 aliphatic carbocycles. The molecule has 0 saturated carbocycles. The Hall–Kier alpha value is -3.11. The van der Waals surface area contributed by atoms with E-state index < -0.39 is 5.97 Å². The van der Waals surface area contributed by atoms with E-state index in [1.165, 1.54) is 0 Å². The number of hydrogen-bond donors (Lipinski definition) is 1. The van der Waals surface area contributed by atoms with Crippen LogP contribution in [-0.4, -0.2) is 12.2 Å². The summed E-state index contributed by atoms with van der Waals surface area (Å²) in [4.78, 5) is 12.2. The van der Waals surface area contributed by atoms with Crippen molar-refractivity contribution in [2.45, 2.75) is 0 Å². The third kappa shape index (κ3) is 4.68. The third-order valence-electron chi connectivity index (χ3n) is 3.34. The van der Waals surface area contributed by atoms with E-state index in [0.717, 1.165) is 11.3 Å². The van der Waals surface area contributed by atoms with Gasteiger partial charge in [-0.2, -0.15) is 5.10 Å². The molecule has 5 heteroatoms. The number of rotatable bonds is 5. The zero-order valence-corrected chi connectivity index (χ0v) is 14.0. The Bertz CT molecular complexity index is 895. The summed E-state index contributed by atoms with van der Waals surface area (Å²) >= 11 is 6.01. The second-order valence-corrected chi connectivity index (χ2v) is 5.59. The second kappa shape index (κ2) is 8.13. The highest BCUT2D eigenvalue weighted by Gasteiger charge is 2.12. The Morgan fingerprint density at radius 2 is 1.72 bits per heavy atom. The Morgan fingerprint density at radius 3 is 2.52 bits per heavy atom. The lowest BCUT2D eigenvalue weighted by molar-refractivity contribution is 0.0735. The molecule has 1 N–H and O–H groups in total. The number of carbonyl (C=O) groups is 1. The maximum atomic E-state index is 12.2. The first-order chi connectivity index (χ1) is 12.2. The van der Waals surface area contributed by atoms with E-state index in [2.05, 4.69) is 10.5 Å². The average molecular weight is 351 g/mol. The van der Waals surface area contributed by atoms with Crippen LogP contribution in [0.25, 0.3) is 0 Å². The number of hydrazone groups is 1. The smallest absolute Gasteiger partial charge is 0.345 e. The van der Waals surface area contributed by atoms with Gasteiger partial charge in [0.1, 0.15) is 5.75 Å². The summed E-state index contributed by atoms with van der Waals surface area (Å²) < 4.78 is 5.38. The van der Waals surface area contributed by atoms with Crippen molar-refractivity contribution in [3.63, 3.8) is 0 Å². The van der Waals surface area contributed by atoms with Crippen LogP contribution in [0.5, 0.6) is 5.75 Å². The van der Waals surface area contributed by atoms with Gasteiger partial charge in [-0.1, -0.05) is 54.1 Å². The standard InChI is InChI=1S/C20H15ClN2O2/c21-19-12-5-4-11-18(19)20(24)25-17-10-6-7-15(13-17)14-22-23-16-8-2-1-3-9-16/h1-14,23H. The molecule has 0 bridgehead atoms. The molecule has 0 atom stereocenters. The molecule has 124 valence electrons. The van der Waals surface area contributed by atoms with Crippen LogP contribution in [0.15, 0.2) is 84.0 Å². The normalized spacial score (nSPS) is 10.6. The van der Waals surface area contributed by atoms with Gasteiger partial charge in [0.15, 0.2) is 0 Å². The second-order valence-electron chi connectivity index (χ2n) is 5.18. The van der Waals surface area contributed by atoms with Crippen LogP contribution in [0.4, 0.5) is 5.69 Å². The Labute approximate surface area is 150 Å². The van der Waals surface area contributed by atoms with Crippen molar-refractivity contribution in [2.75, 3.05) is 5.43 Å². The van der Waals surface area contributed by atoms with Crippen LogP contribution in [0.2, 0.25) is 5.02 Å². The molecule has 0 saturated heterocycles. The van der Waals surface area contributed by atoms with E-state index in [-0.39, 0.29) is 0 Å². The molecule has 0 fully saturated rings. The minimum absolute atomic E-state index is 0.328. The number of halogens is 1. The van der Waals surface area contributed by atoms with E-state index in [9.17, 15) is 4.79 Å². The number of carbonyl (C=O) groups excluding carboxylic acids is 1. The molecular formula is C20H15ClN2O2. The fourth-order valence-corrected chi connectivity index (χ4v) is 2.35. The monoisotopic (exact) mass is 350 g/mol. The van der Waals surface area contributed by atoms with E-state index in [0.29, 0.717) is 16.3 Å². The van der Waals surface area contributed by atoms with E-state index in [1.807, 2.05) is 36.4 Å². The van der Waals surface area contributed by atoms with Gasteiger partial charge in [0.2, 0.25) is 0 Å². The van der Waals surface area contributed by atoms with Crippen LogP contribution in [0.1, 0.15) is 15.9 Å². The average Bonchev–Trinajstić information content (AvgIpc) is 2.63. The number of anilines is 1. The fourth-order valence-electron chi connectivity index (χ4n) is 2.14. The Balaban J connectivity index is 1.67. The van der Waals surface area contributed by atoms with Crippen LogP contribution in [-0.2, 0) is 0 Å². The van der Waals surface area contributed by atoms with E-state index >= 15 is 0 Å². The summed E-state index contributed by atoms with van der Waals surface area (Å²) in [6.07, 6.45) is 1.65. The molecule has 3 aromatic rings. The van der Waals surface area contributed by atoms with Crippen molar-refractivity contribution in [1.29, 1.82) is 0 Å². The lowest BCUT2D eigenvalue weighted by atomic mass is 10.2. The Morgan fingerprint density at radius 1 is 0.960 bits per heavy atom. The van der Waals surface area contributed by atoms with Crippen LogP contribution in [0, 0.1) is 0 Å². The number of para-hydroxylation sites is 1. The molecule has 3 rings (SSSR count). The van der Waals surface area contributed by atoms with Crippen molar-refractivity contribution >= 4 is 29.5 Å². The number of benzene rings is 3. The van der Waals surface area contributed by atoms with Crippen molar-refractivity contribution in [3.05, 3.63) is 95.0 Å². The van der Waals surface area contributed by atoms with Gasteiger partial charge in [-0.05, 0) is 42.0 Å². The molecule has 25 heavy (non-hydrogen) atoms. The van der Waals surface area contributed by atoms with Gasteiger partial charge in [-0.25, -0.2) is 4.79 Å². The van der Waals surface area contributed by atoms with Crippen molar-refractivity contribution in [2.24, 2.45) is 5.10 Å². The zero-order valence-electron chi connectivity index (χ0n) is 13.2. The number of hydrogen-bond acceptors (Lipinski definition) is 4. The van der Waals surface area contributed by atoms with Gasteiger partial charge < -0.3 is 4.74 Å². The maximum Gasteiger partial charge on any atom is 0.345 e. The van der Waals surface area contributed by atoms with Gasteiger partial charge in [0.05, 0.1) is 22.5 Å². The summed E-state index contributed by atoms with van der Waals surface area (Å²) in [5.41, 5.74) is 4.95. The molecule has 0 heterocycles. The lowest BCUT2D eigenvalue weighted by Crippen LogP contribution is -2.09. The molecular weight excluding hydrogens is 336 g/mol. The fraction of sp³-hybridized carbons (Fsp3) is 0. The highest BCUT2D eigenvalue weighted by Crippen LogP contribution is 2.19. The van der Waals surface area contributed by atoms with Gasteiger partial charge in [0, 0.05) is 0 Å². The summed E-state index contributed by atoms with van der Waals surface area (Å²) in [6, 6.07) is 23.5. The summed E-state index contributed by atoms with van der Waals surface area (Å²) in [5.74, 6) is -0.0734.